The van der Waals surface area contributed by atoms with Crippen molar-refractivity contribution in [3.63, 3.8) is 0 Å². The van der Waals surface area contributed by atoms with Gasteiger partial charge in [-0.25, -0.2) is 4.98 Å². The third-order valence-electron chi connectivity index (χ3n) is 8.53. The standard InChI is InChI=1S/C28H34N6O4S/c1-16-21-13-24(35)30-20-12-23(34(15-20)26(36)18-5-3-2-4-6-18)28(38)33-14-19(29)11-22(33)27(37)32-9-7-17(8-10-32)25(31-21)39-16/h2-6,17,19-20,22-23H,7-15,29H2,1H3,(H,30,35)/t19-,20+,22-,23-/m0/s1. The number of thiazole rings is 1. The van der Waals surface area contributed by atoms with Gasteiger partial charge in [-0.2, -0.15) is 0 Å². The molecule has 5 aliphatic heterocycles. The van der Waals surface area contributed by atoms with Gasteiger partial charge in [0.1, 0.15) is 12.1 Å². The predicted molar refractivity (Wildman–Crippen MR) is 145 cm³/mol. The topological polar surface area (TPSA) is 129 Å². The van der Waals surface area contributed by atoms with E-state index in [0.717, 1.165) is 28.4 Å². The van der Waals surface area contributed by atoms with Crippen LogP contribution in [0.4, 0.5) is 0 Å². The molecular weight excluding hydrogens is 516 g/mol. The predicted octanol–water partition coefficient (Wildman–Crippen LogP) is 1.04. The second-order valence-electron chi connectivity index (χ2n) is 11.2. The average Bonchev–Trinajstić information content (AvgIpc) is 3.64. The first-order valence-electron chi connectivity index (χ1n) is 13.7. The summed E-state index contributed by atoms with van der Waals surface area (Å²) in [5.74, 6) is -0.536. The number of rotatable bonds is 1. The summed E-state index contributed by atoms with van der Waals surface area (Å²) in [6.45, 7) is 3.66. The van der Waals surface area contributed by atoms with E-state index in [0.29, 0.717) is 25.1 Å². The van der Waals surface area contributed by atoms with Crippen molar-refractivity contribution in [1.82, 2.24) is 25.0 Å². The summed E-state index contributed by atoms with van der Waals surface area (Å²) in [6, 6.07) is 6.70. The van der Waals surface area contributed by atoms with Crippen LogP contribution in [0.2, 0.25) is 0 Å². The number of aryl methyl sites for hydroxylation is 1. The van der Waals surface area contributed by atoms with E-state index in [1.54, 1.807) is 45.4 Å². The van der Waals surface area contributed by atoms with E-state index in [1.807, 2.05) is 17.9 Å². The van der Waals surface area contributed by atoms with E-state index in [1.165, 1.54) is 0 Å². The van der Waals surface area contributed by atoms with E-state index in [4.69, 9.17) is 10.7 Å². The van der Waals surface area contributed by atoms with Gasteiger partial charge in [-0.1, -0.05) is 18.2 Å². The second-order valence-corrected chi connectivity index (χ2v) is 12.4. The SMILES string of the molecule is Cc1sc2nc1CC(=O)N[C@@H]1C[C@@H](C(=O)N3C[C@@H](N)C[C@H]3C(=O)N3CCC2CC3)N(C(=O)c2ccccc2)C1. The molecule has 1 aromatic carbocycles. The molecule has 2 aromatic rings. The normalized spacial score (nSPS) is 29.4. The highest BCUT2D eigenvalue weighted by Crippen LogP contribution is 2.34. The summed E-state index contributed by atoms with van der Waals surface area (Å²) in [4.78, 5) is 65.3. The van der Waals surface area contributed by atoms with Crippen molar-refractivity contribution in [3.8, 4) is 0 Å². The van der Waals surface area contributed by atoms with Gasteiger partial charge < -0.3 is 25.8 Å². The summed E-state index contributed by atoms with van der Waals surface area (Å²) < 4.78 is 0. The number of aromatic nitrogens is 1. The number of nitrogens with zero attached hydrogens (tertiary/aromatic N) is 4. The van der Waals surface area contributed by atoms with Crippen molar-refractivity contribution in [1.29, 1.82) is 0 Å². The summed E-state index contributed by atoms with van der Waals surface area (Å²) in [5.41, 5.74) is 7.54. The van der Waals surface area contributed by atoms with Crippen LogP contribution in [0.1, 0.15) is 57.5 Å². The zero-order valence-corrected chi connectivity index (χ0v) is 22.9. The molecule has 3 fully saturated rings. The number of amides is 4. The van der Waals surface area contributed by atoms with Crippen LogP contribution in [-0.2, 0) is 20.8 Å². The molecule has 39 heavy (non-hydrogen) atoms. The Bertz CT molecular complexity index is 1290. The lowest BCUT2D eigenvalue weighted by Crippen LogP contribution is -2.54. The fourth-order valence-electron chi connectivity index (χ4n) is 6.46. The molecule has 1 aromatic heterocycles. The number of likely N-dealkylation sites (tertiary alicyclic amines) is 1. The summed E-state index contributed by atoms with van der Waals surface area (Å²) in [7, 11) is 0. The molecule has 4 atom stereocenters. The number of benzene rings is 1. The minimum atomic E-state index is -0.794. The third kappa shape index (κ3) is 4.93. The molecule has 3 N–H and O–H groups in total. The first kappa shape index (κ1) is 25.9. The Balaban J connectivity index is 1.35. The molecule has 0 saturated carbocycles. The van der Waals surface area contributed by atoms with Crippen LogP contribution in [0, 0.1) is 6.92 Å². The van der Waals surface area contributed by atoms with Crippen LogP contribution >= 0.6 is 11.3 Å². The Kier molecular flexibility index (Phi) is 6.88. The van der Waals surface area contributed by atoms with E-state index in [2.05, 4.69) is 5.32 Å². The second kappa shape index (κ2) is 10.3. The first-order valence-corrected chi connectivity index (χ1v) is 14.6. The number of nitrogens with two attached hydrogens (primary N) is 1. The third-order valence-corrected chi connectivity index (χ3v) is 9.70. The smallest absolute Gasteiger partial charge is 0.254 e. The van der Waals surface area contributed by atoms with Gasteiger partial charge in [0.15, 0.2) is 0 Å². The maximum absolute atomic E-state index is 14.1. The Morgan fingerprint density at radius 3 is 2.51 bits per heavy atom. The molecule has 5 aliphatic rings. The fourth-order valence-corrected chi connectivity index (χ4v) is 7.57. The molecule has 4 amide bonds. The van der Waals surface area contributed by atoms with Crippen LogP contribution in [-0.4, -0.2) is 93.7 Å². The van der Waals surface area contributed by atoms with Gasteiger partial charge in [-0.3, -0.25) is 19.2 Å². The highest BCUT2D eigenvalue weighted by molar-refractivity contribution is 7.11. The molecule has 0 unspecified atom stereocenters. The van der Waals surface area contributed by atoms with Gasteiger partial charge in [0.2, 0.25) is 17.7 Å². The van der Waals surface area contributed by atoms with Gasteiger partial charge >= 0.3 is 0 Å². The summed E-state index contributed by atoms with van der Waals surface area (Å²) in [6.07, 6.45) is 2.43. The molecule has 7 rings (SSSR count). The molecule has 0 radical (unpaired) electrons. The lowest BCUT2D eigenvalue weighted by Gasteiger charge is -2.36. The Morgan fingerprint density at radius 2 is 1.77 bits per heavy atom. The molecule has 0 spiro atoms. The van der Waals surface area contributed by atoms with E-state index in [-0.39, 0.29) is 61.5 Å². The fraction of sp³-hybridized carbons (Fsp3) is 0.536. The van der Waals surface area contributed by atoms with Gasteiger partial charge in [0.25, 0.3) is 5.91 Å². The minimum Gasteiger partial charge on any atom is -0.351 e. The van der Waals surface area contributed by atoms with Crippen LogP contribution in [0.5, 0.6) is 0 Å². The zero-order chi connectivity index (χ0) is 27.3. The molecule has 3 saturated heterocycles. The van der Waals surface area contributed by atoms with Crippen molar-refractivity contribution in [3.05, 3.63) is 51.5 Å². The van der Waals surface area contributed by atoms with E-state index >= 15 is 0 Å². The van der Waals surface area contributed by atoms with Gasteiger partial charge in [-0.05, 0) is 44.7 Å². The maximum Gasteiger partial charge on any atom is 0.254 e. The number of hydrogen-bond acceptors (Lipinski definition) is 7. The van der Waals surface area contributed by atoms with Gasteiger partial charge in [-0.15, -0.1) is 11.3 Å². The number of carbonyl (C=O) groups excluding carboxylic acids is 4. The molecular formula is C28H34N6O4S. The zero-order valence-electron chi connectivity index (χ0n) is 22.0. The Morgan fingerprint density at radius 1 is 1.03 bits per heavy atom. The first-order chi connectivity index (χ1) is 18.8. The highest BCUT2D eigenvalue weighted by atomic mass is 32.1. The van der Waals surface area contributed by atoms with Crippen molar-refractivity contribution in [2.24, 2.45) is 5.73 Å². The maximum atomic E-state index is 14.1. The number of piperidine rings is 1. The number of hydrogen-bond donors (Lipinski definition) is 2. The summed E-state index contributed by atoms with van der Waals surface area (Å²) >= 11 is 1.63. The summed E-state index contributed by atoms with van der Waals surface area (Å²) in [5, 5.41) is 4.08. The molecule has 10 nitrogen and oxygen atoms in total. The van der Waals surface area contributed by atoms with Gasteiger partial charge in [0, 0.05) is 54.6 Å². The molecule has 6 heterocycles. The van der Waals surface area contributed by atoms with Crippen molar-refractivity contribution in [2.45, 2.75) is 69.1 Å². The average molecular weight is 551 g/mol. The number of nitrogens with one attached hydrogen (secondary N) is 1. The minimum absolute atomic E-state index is 0.0705. The lowest BCUT2D eigenvalue weighted by atomic mass is 9.96. The number of fused-ring (bicyclic) bond motifs is 4. The monoisotopic (exact) mass is 550 g/mol. The molecule has 0 aliphatic carbocycles. The van der Waals surface area contributed by atoms with Crippen LogP contribution < -0.4 is 11.1 Å². The Labute approximate surface area is 231 Å². The van der Waals surface area contributed by atoms with Crippen molar-refractivity contribution >= 4 is 35.0 Å². The number of carbonyl (C=O) groups is 4. The highest BCUT2D eigenvalue weighted by Gasteiger charge is 2.48. The molecule has 6 bridgehead atoms. The van der Waals surface area contributed by atoms with Crippen LogP contribution in [0.25, 0.3) is 0 Å². The van der Waals surface area contributed by atoms with E-state index in [9.17, 15) is 19.2 Å². The van der Waals surface area contributed by atoms with Gasteiger partial charge in [0.05, 0.1) is 17.1 Å². The quantitative estimate of drug-likeness (QED) is 0.546. The lowest BCUT2D eigenvalue weighted by molar-refractivity contribution is -0.146. The van der Waals surface area contributed by atoms with Crippen molar-refractivity contribution in [2.75, 3.05) is 26.2 Å². The largest absolute Gasteiger partial charge is 0.351 e. The molecule has 206 valence electrons. The van der Waals surface area contributed by atoms with Crippen LogP contribution in [0.15, 0.2) is 30.3 Å². The van der Waals surface area contributed by atoms with E-state index < -0.39 is 18.1 Å². The Hall–Kier alpha value is -3.31. The molecule has 11 heteroatoms. The van der Waals surface area contributed by atoms with Crippen molar-refractivity contribution < 1.29 is 19.2 Å². The van der Waals surface area contributed by atoms with Crippen LogP contribution in [0.3, 0.4) is 0 Å².